The molecular weight excluding hydrogens is 1290 g/mol. The molecule has 99 heavy (non-hydrogen) atoms. The zero-order valence-corrected chi connectivity index (χ0v) is 64.2. The van der Waals surface area contributed by atoms with E-state index in [1.807, 2.05) is 0 Å². The van der Waals surface area contributed by atoms with E-state index in [9.17, 15) is 43.5 Å². The van der Waals surface area contributed by atoms with Gasteiger partial charge in [-0.25, -0.2) is 9.13 Å². The van der Waals surface area contributed by atoms with Crippen LogP contribution >= 0.6 is 15.6 Å². The molecule has 0 aromatic rings. The number of aliphatic hydroxyl groups excluding tert-OH is 2. The van der Waals surface area contributed by atoms with Crippen molar-refractivity contribution in [3.05, 3.63) is 109 Å². The van der Waals surface area contributed by atoms with E-state index in [0.717, 1.165) is 141 Å². The highest BCUT2D eigenvalue weighted by atomic mass is 31.2. The number of esters is 3. The van der Waals surface area contributed by atoms with Gasteiger partial charge in [-0.2, -0.15) is 0 Å². The van der Waals surface area contributed by atoms with Crippen LogP contribution in [0.1, 0.15) is 329 Å². The maximum atomic E-state index is 12.9. The van der Waals surface area contributed by atoms with Crippen LogP contribution in [0, 0.1) is 0 Å². The predicted molar refractivity (Wildman–Crippen MR) is 408 cm³/mol. The molecule has 0 bridgehead atoms. The first-order valence-electron chi connectivity index (χ1n) is 39.2. The normalized spacial score (nSPS) is 14.6. The van der Waals surface area contributed by atoms with Gasteiger partial charge in [0.15, 0.2) is 6.10 Å². The lowest BCUT2D eigenvalue weighted by Crippen LogP contribution is -2.30. The fourth-order valence-electron chi connectivity index (χ4n) is 10.5. The van der Waals surface area contributed by atoms with E-state index >= 15 is 0 Å². The zero-order chi connectivity index (χ0) is 72.3. The molecule has 0 fully saturated rings. The SMILES string of the molecule is CC/C=C\C/C=C\C/C=C\CCCCCCCC(=O)OCC(COP(=O)(O)OCC(O)COP(=O)(O)OCC(O)COC(=O)CCCCCCCCCCCCCCCCCCCCC/C=C\C/C=C\C/C=C\C/C=C\CCCCC)OC(=O)CCCCCCC/C=C\C/C=C\CCC. The zero-order valence-electron chi connectivity index (χ0n) is 62.4. The van der Waals surface area contributed by atoms with Gasteiger partial charge in [-0.05, 0) is 122 Å². The molecule has 572 valence electrons. The molecule has 0 saturated carbocycles. The van der Waals surface area contributed by atoms with Crippen molar-refractivity contribution in [2.24, 2.45) is 0 Å². The number of hydrogen-bond donors (Lipinski definition) is 4. The number of hydrogen-bond acceptors (Lipinski definition) is 14. The lowest BCUT2D eigenvalue weighted by molar-refractivity contribution is -0.161. The summed E-state index contributed by atoms with van der Waals surface area (Å²) in [6.07, 6.45) is 86.0. The van der Waals surface area contributed by atoms with Crippen LogP contribution in [0.3, 0.4) is 0 Å². The number of rotatable bonds is 74. The number of phosphoric acid groups is 2. The van der Waals surface area contributed by atoms with Gasteiger partial charge in [0.2, 0.25) is 0 Å². The van der Waals surface area contributed by atoms with Crippen molar-refractivity contribution in [1.29, 1.82) is 0 Å². The number of unbranched alkanes of at least 4 members (excludes halogenated alkanes) is 33. The smallest absolute Gasteiger partial charge is 0.463 e. The first-order chi connectivity index (χ1) is 48.2. The van der Waals surface area contributed by atoms with Gasteiger partial charge in [-0.15, -0.1) is 0 Å². The second-order valence-corrected chi connectivity index (χ2v) is 29.0. The molecule has 0 radical (unpaired) electrons. The number of aliphatic hydroxyl groups is 2. The standard InChI is InChI=1S/C81H142O16P2/c1-4-7-10-13-16-19-22-25-27-28-29-30-31-32-33-34-35-36-37-38-39-40-41-42-43-44-45-46-48-51-52-55-58-61-64-67-79(84)91-70-76(82)71-93-98(87,88)94-72-77(83)73-95-99(89,90)96-75-78(97-81(86)69-66-63-60-57-54-49-24-21-18-15-12-9-6-3)74-92-80(85)68-65-62-59-56-53-50-47-26-23-20-17-14-11-8-5-2/h8,11-12,15-17,19-21,24-27,29-30,32-33,47,76-78,82-83H,4-7,9-10,13-14,18,22-23,28,31,34-46,48-75H2,1-3H3,(H,87,88)(H,89,90)/b11-8-,15-12-,19-16-,20-17-,24-21-,27-25-,30-29-,33-32-,47-26-. The van der Waals surface area contributed by atoms with Gasteiger partial charge in [0.1, 0.15) is 25.4 Å². The Hall–Kier alpha value is -3.79. The van der Waals surface area contributed by atoms with Crippen LogP contribution < -0.4 is 0 Å². The summed E-state index contributed by atoms with van der Waals surface area (Å²) in [6, 6.07) is 0. The van der Waals surface area contributed by atoms with Gasteiger partial charge in [0.25, 0.3) is 0 Å². The Bertz CT molecular complexity index is 2240. The van der Waals surface area contributed by atoms with Crippen LogP contribution in [-0.4, -0.2) is 95.9 Å². The number of allylic oxidation sites excluding steroid dienone is 18. The molecule has 16 nitrogen and oxygen atoms in total. The van der Waals surface area contributed by atoms with E-state index in [0.29, 0.717) is 19.3 Å². The van der Waals surface area contributed by atoms with E-state index in [1.165, 1.54) is 128 Å². The molecule has 0 aliphatic heterocycles. The maximum absolute atomic E-state index is 12.9. The van der Waals surface area contributed by atoms with Gasteiger partial charge in [-0.3, -0.25) is 32.5 Å². The second-order valence-electron chi connectivity index (χ2n) is 26.1. The molecule has 5 unspecified atom stereocenters. The highest BCUT2D eigenvalue weighted by Gasteiger charge is 2.29. The van der Waals surface area contributed by atoms with Crippen molar-refractivity contribution < 1.29 is 75.8 Å². The van der Waals surface area contributed by atoms with Crippen molar-refractivity contribution in [3.8, 4) is 0 Å². The van der Waals surface area contributed by atoms with E-state index in [4.69, 9.17) is 32.3 Å². The second kappa shape index (κ2) is 73.9. The Morgan fingerprint density at radius 2 is 0.556 bits per heavy atom. The summed E-state index contributed by atoms with van der Waals surface area (Å²) in [4.78, 5) is 58.4. The molecule has 4 N–H and O–H groups in total. The molecule has 0 saturated heterocycles. The summed E-state index contributed by atoms with van der Waals surface area (Å²) in [5.74, 6) is -1.60. The van der Waals surface area contributed by atoms with Crippen LogP contribution in [0.15, 0.2) is 109 Å². The average molecular weight is 1430 g/mol. The monoisotopic (exact) mass is 1430 g/mol. The Morgan fingerprint density at radius 3 is 0.889 bits per heavy atom. The van der Waals surface area contributed by atoms with E-state index in [2.05, 4.69) is 130 Å². The Labute approximate surface area is 602 Å². The Morgan fingerprint density at radius 1 is 0.293 bits per heavy atom. The van der Waals surface area contributed by atoms with Gasteiger partial charge in [-0.1, -0.05) is 297 Å². The number of carbonyl (C=O) groups excluding carboxylic acids is 3. The minimum atomic E-state index is -4.93. The summed E-state index contributed by atoms with van der Waals surface area (Å²) in [6.45, 7) is 2.45. The predicted octanol–water partition coefficient (Wildman–Crippen LogP) is 22.8. The van der Waals surface area contributed by atoms with E-state index in [1.54, 1.807) is 0 Å². The first-order valence-corrected chi connectivity index (χ1v) is 42.2. The third kappa shape index (κ3) is 75.2. The van der Waals surface area contributed by atoms with Gasteiger partial charge in [0.05, 0.1) is 26.4 Å². The van der Waals surface area contributed by atoms with Crippen molar-refractivity contribution in [2.45, 2.75) is 347 Å². The molecule has 0 aliphatic carbocycles. The third-order valence-corrected chi connectivity index (χ3v) is 18.3. The number of phosphoric ester groups is 2. The van der Waals surface area contributed by atoms with Crippen molar-refractivity contribution in [1.82, 2.24) is 0 Å². The van der Waals surface area contributed by atoms with Crippen LogP contribution in [0.5, 0.6) is 0 Å². The minimum absolute atomic E-state index is 0.0838. The summed E-state index contributed by atoms with van der Waals surface area (Å²) in [7, 11) is -9.79. The van der Waals surface area contributed by atoms with Gasteiger partial charge in [0, 0.05) is 19.3 Å². The molecule has 0 aromatic heterocycles. The fraction of sp³-hybridized carbons (Fsp3) is 0.741. The maximum Gasteiger partial charge on any atom is 0.472 e. The molecule has 5 atom stereocenters. The number of ether oxygens (including phenoxy) is 3. The molecule has 0 amide bonds. The minimum Gasteiger partial charge on any atom is -0.463 e. The quantitative estimate of drug-likeness (QED) is 0.0146. The van der Waals surface area contributed by atoms with Gasteiger partial charge < -0.3 is 34.2 Å². The fourth-order valence-corrected chi connectivity index (χ4v) is 12.1. The van der Waals surface area contributed by atoms with Crippen LogP contribution in [0.4, 0.5) is 0 Å². The average Bonchev–Trinajstić information content (AvgIpc) is 1.08. The molecule has 0 aromatic carbocycles. The van der Waals surface area contributed by atoms with Crippen LogP contribution in [0.25, 0.3) is 0 Å². The highest BCUT2D eigenvalue weighted by molar-refractivity contribution is 7.47. The Balaban J connectivity index is 4.32. The van der Waals surface area contributed by atoms with Crippen molar-refractivity contribution in [2.75, 3.05) is 39.6 Å². The summed E-state index contributed by atoms with van der Waals surface area (Å²) in [5, 5.41) is 20.6. The number of carbonyl (C=O) groups is 3. The lowest BCUT2D eigenvalue weighted by atomic mass is 10.0. The molecule has 0 rings (SSSR count). The Kier molecular flexibility index (Phi) is 71.1. The first kappa shape index (κ1) is 95.2. The van der Waals surface area contributed by atoms with Crippen LogP contribution in [0.2, 0.25) is 0 Å². The largest absolute Gasteiger partial charge is 0.472 e. The molecule has 0 heterocycles. The lowest BCUT2D eigenvalue weighted by Gasteiger charge is -2.21. The molecule has 0 aliphatic rings. The highest BCUT2D eigenvalue weighted by Crippen LogP contribution is 2.45. The van der Waals surface area contributed by atoms with Gasteiger partial charge >= 0.3 is 33.6 Å². The van der Waals surface area contributed by atoms with E-state index in [-0.39, 0.29) is 19.3 Å². The van der Waals surface area contributed by atoms with Crippen molar-refractivity contribution >= 4 is 33.6 Å². The summed E-state index contributed by atoms with van der Waals surface area (Å²) in [5.41, 5.74) is 0. The van der Waals surface area contributed by atoms with Crippen LogP contribution in [-0.2, 0) is 55.8 Å². The van der Waals surface area contributed by atoms with Crippen molar-refractivity contribution in [3.63, 3.8) is 0 Å². The molecular formula is C81H142O16P2. The summed E-state index contributed by atoms with van der Waals surface area (Å²) < 4.78 is 61.0. The molecule has 18 heteroatoms. The van der Waals surface area contributed by atoms with E-state index < -0.39 is 91.5 Å². The molecule has 0 spiro atoms. The third-order valence-electron chi connectivity index (χ3n) is 16.4. The topological polar surface area (TPSA) is 231 Å². The summed E-state index contributed by atoms with van der Waals surface area (Å²) >= 11 is 0.